The first kappa shape index (κ1) is 12.6. The van der Waals surface area contributed by atoms with Crippen molar-refractivity contribution in [2.75, 3.05) is 0 Å². The fraction of sp³-hybridized carbons (Fsp3) is 0.571. The van der Waals surface area contributed by atoms with Crippen molar-refractivity contribution in [3.63, 3.8) is 0 Å². The van der Waals surface area contributed by atoms with E-state index in [1.807, 2.05) is 0 Å². The molecule has 0 heterocycles. The van der Waals surface area contributed by atoms with Crippen LogP contribution in [0.4, 0.5) is 0 Å². The minimum atomic E-state index is 0.798. The Hall–Kier alpha value is -0.490. The van der Waals surface area contributed by atoms with Gasteiger partial charge in [-0.25, -0.2) is 0 Å². The molecular formula is C14H21Cl. The number of aryl methyl sites for hydroxylation is 2. The average molecular weight is 225 g/mol. The summed E-state index contributed by atoms with van der Waals surface area (Å²) >= 11 is 6.16. The largest absolute Gasteiger partial charge is 0.0840 e. The zero-order valence-corrected chi connectivity index (χ0v) is 11.0. The third-order valence-electron chi connectivity index (χ3n) is 2.91. The zero-order chi connectivity index (χ0) is 11.4. The van der Waals surface area contributed by atoms with Crippen molar-refractivity contribution < 1.29 is 0 Å². The van der Waals surface area contributed by atoms with Gasteiger partial charge in [-0.15, -0.1) is 0 Å². The molecule has 0 atom stereocenters. The summed E-state index contributed by atoms with van der Waals surface area (Å²) in [5.74, 6) is 0.798. The maximum Gasteiger partial charge on any atom is 0.0440 e. The molecule has 0 fully saturated rings. The van der Waals surface area contributed by atoms with Gasteiger partial charge in [0.05, 0.1) is 0 Å². The van der Waals surface area contributed by atoms with Gasteiger partial charge in [-0.05, 0) is 55.4 Å². The number of hydrogen-bond acceptors (Lipinski definition) is 0. The van der Waals surface area contributed by atoms with Crippen LogP contribution in [0.5, 0.6) is 0 Å². The molecule has 0 unspecified atom stereocenters. The van der Waals surface area contributed by atoms with Crippen LogP contribution in [-0.4, -0.2) is 0 Å². The van der Waals surface area contributed by atoms with Gasteiger partial charge in [-0.3, -0.25) is 0 Å². The molecule has 0 radical (unpaired) electrons. The van der Waals surface area contributed by atoms with E-state index in [-0.39, 0.29) is 0 Å². The van der Waals surface area contributed by atoms with E-state index in [1.54, 1.807) is 0 Å². The predicted molar refractivity (Wildman–Crippen MR) is 68.7 cm³/mol. The summed E-state index contributed by atoms with van der Waals surface area (Å²) in [6.45, 7) is 8.75. The Morgan fingerprint density at radius 1 is 1.20 bits per heavy atom. The van der Waals surface area contributed by atoms with Gasteiger partial charge in [0.25, 0.3) is 0 Å². The number of benzene rings is 1. The van der Waals surface area contributed by atoms with Crippen LogP contribution in [0.15, 0.2) is 12.1 Å². The van der Waals surface area contributed by atoms with Crippen LogP contribution < -0.4 is 0 Å². The lowest BCUT2D eigenvalue weighted by atomic mass is 9.99. The topological polar surface area (TPSA) is 0 Å². The first-order valence-corrected chi connectivity index (χ1v) is 6.14. The van der Waals surface area contributed by atoms with Gasteiger partial charge in [-0.1, -0.05) is 37.9 Å². The van der Waals surface area contributed by atoms with Crippen molar-refractivity contribution in [2.45, 2.75) is 47.0 Å². The van der Waals surface area contributed by atoms with Gasteiger partial charge in [0.15, 0.2) is 0 Å². The van der Waals surface area contributed by atoms with Crippen LogP contribution in [0, 0.1) is 19.8 Å². The summed E-state index contributed by atoms with van der Waals surface area (Å²) in [7, 11) is 0. The molecule has 15 heavy (non-hydrogen) atoms. The number of halogens is 1. The highest BCUT2D eigenvalue weighted by Crippen LogP contribution is 2.22. The Morgan fingerprint density at radius 2 is 1.87 bits per heavy atom. The van der Waals surface area contributed by atoms with E-state index in [4.69, 9.17) is 11.6 Å². The first-order chi connectivity index (χ1) is 7.00. The second-order valence-corrected chi connectivity index (χ2v) is 5.21. The molecule has 0 nitrogen and oxygen atoms in total. The smallest absolute Gasteiger partial charge is 0.0440 e. The Morgan fingerprint density at radius 3 is 2.40 bits per heavy atom. The SMILES string of the molecule is Cc1cc(CCCC(C)C)cc(Cl)c1C. The molecule has 0 aliphatic heterocycles. The highest BCUT2D eigenvalue weighted by atomic mass is 35.5. The van der Waals surface area contributed by atoms with Gasteiger partial charge in [0.1, 0.15) is 0 Å². The predicted octanol–water partition coefficient (Wildman–Crippen LogP) is 4.94. The van der Waals surface area contributed by atoms with Crippen molar-refractivity contribution >= 4 is 11.6 Å². The lowest BCUT2D eigenvalue weighted by molar-refractivity contribution is 0.556. The van der Waals surface area contributed by atoms with Crippen molar-refractivity contribution in [1.29, 1.82) is 0 Å². The van der Waals surface area contributed by atoms with Crippen molar-refractivity contribution in [2.24, 2.45) is 5.92 Å². The van der Waals surface area contributed by atoms with Gasteiger partial charge in [0, 0.05) is 5.02 Å². The molecule has 0 N–H and O–H groups in total. The van der Waals surface area contributed by atoms with E-state index in [0.29, 0.717) is 0 Å². The molecule has 1 aromatic carbocycles. The van der Waals surface area contributed by atoms with Gasteiger partial charge in [0.2, 0.25) is 0 Å². The maximum atomic E-state index is 6.16. The normalized spacial score (nSPS) is 11.1. The lowest BCUT2D eigenvalue weighted by Gasteiger charge is -2.08. The molecule has 84 valence electrons. The van der Waals surface area contributed by atoms with E-state index in [2.05, 4.69) is 39.8 Å². The minimum Gasteiger partial charge on any atom is -0.0840 e. The number of rotatable bonds is 4. The van der Waals surface area contributed by atoms with Crippen LogP contribution in [-0.2, 0) is 6.42 Å². The fourth-order valence-corrected chi connectivity index (χ4v) is 2.04. The van der Waals surface area contributed by atoms with Crippen LogP contribution >= 0.6 is 11.6 Å². The molecule has 0 spiro atoms. The summed E-state index contributed by atoms with van der Waals surface area (Å²) in [6.07, 6.45) is 3.71. The first-order valence-electron chi connectivity index (χ1n) is 5.76. The molecule has 0 amide bonds. The number of hydrogen-bond donors (Lipinski definition) is 0. The molecule has 1 aromatic rings. The zero-order valence-electron chi connectivity index (χ0n) is 10.2. The standard InChI is InChI=1S/C14H21Cl/c1-10(2)6-5-7-13-8-11(3)12(4)14(15)9-13/h8-10H,5-7H2,1-4H3. The Labute approximate surface area is 98.7 Å². The monoisotopic (exact) mass is 224 g/mol. The Bertz CT molecular complexity index is 303. The molecule has 1 rings (SSSR count). The molecule has 0 aromatic heterocycles. The quantitative estimate of drug-likeness (QED) is 0.680. The van der Waals surface area contributed by atoms with Crippen LogP contribution in [0.1, 0.15) is 43.4 Å². The molecular weight excluding hydrogens is 204 g/mol. The molecule has 0 saturated heterocycles. The third kappa shape index (κ3) is 3.87. The Kier molecular flexibility index (Phi) is 4.66. The van der Waals surface area contributed by atoms with Crippen LogP contribution in [0.3, 0.4) is 0 Å². The maximum absolute atomic E-state index is 6.16. The van der Waals surface area contributed by atoms with E-state index in [0.717, 1.165) is 17.4 Å². The molecule has 0 saturated carbocycles. The highest BCUT2D eigenvalue weighted by molar-refractivity contribution is 6.31. The second kappa shape index (κ2) is 5.55. The third-order valence-corrected chi connectivity index (χ3v) is 3.30. The van der Waals surface area contributed by atoms with Gasteiger partial charge in [-0.2, -0.15) is 0 Å². The van der Waals surface area contributed by atoms with Gasteiger partial charge >= 0.3 is 0 Å². The summed E-state index contributed by atoms with van der Waals surface area (Å²) in [5, 5.41) is 0.912. The minimum absolute atomic E-state index is 0.798. The van der Waals surface area contributed by atoms with Crippen molar-refractivity contribution in [1.82, 2.24) is 0 Å². The van der Waals surface area contributed by atoms with Gasteiger partial charge < -0.3 is 0 Å². The van der Waals surface area contributed by atoms with Crippen molar-refractivity contribution in [3.05, 3.63) is 33.8 Å². The van der Waals surface area contributed by atoms with E-state index < -0.39 is 0 Å². The lowest BCUT2D eigenvalue weighted by Crippen LogP contribution is -1.93. The van der Waals surface area contributed by atoms with Crippen LogP contribution in [0.25, 0.3) is 0 Å². The van der Waals surface area contributed by atoms with E-state index in [1.165, 1.54) is 29.5 Å². The van der Waals surface area contributed by atoms with Crippen molar-refractivity contribution in [3.8, 4) is 0 Å². The summed E-state index contributed by atoms with van der Waals surface area (Å²) in [4.78, 5) is 0. The fourth-order valence-electron chi connectivity index (χ4n) is 1.75. The Balaban J connectivity index is 2.63. The molecule has 0 bridgehead atoms. The van der Waals surface area contributed by atoms with E-state index >= 15 is 0 Å². The molecule has 1 heteroatoms. The highest BCUT2D eigenvalue weighted by Gasteiger charge is 2.03. The van der Waals surface area contributed by atoms with E-state index in [9.17, 15) is 0 Å². The summed E-state index contributed by atoms with van der Waals surface area (Å²) in [6, 6.07) is 4.38. The summed E-state index contributed by atoms with van der Waals surface area (Å²) in [5.41, 5.74) is 3.90. The summed E-state index contributed by atoms with van der Waals surface area (Å²) < 4.78 is 0. The molecule has 0 aliphatic carbocycles. The average Bonchev–Trinajstić information content (AvgIpc) is 2.13. The second-order valence-electron chi connectivity index (χ2n) is 4.81. The van der Waals surface area contributed by atoms with Crippen LogP contribution in [0.2, 0.25) is 5.02 Å². The molecule has 0 aliphatic rings.